The number of hydrogen-bond acceptors (Lipinski definition) is 3. The van der Waals surface area contributed by atoms with E-state index in [9.17, 15) is 9.59 Å². The lowest BCUT2D eigenvalue weighted by molar-refractivity contribution is 0.0950. The molecule has 0 atom stereocenters. The zero-order valence-electron chi connectivity index (χ0n) is 16.4. The molecule has 1 heterocycles. The second-order valence-corrected chi connectivity index (χ2v) is 6.98. The fourth-order valence-corrected chi connectivity index (χ4v) is 3.32. The van der Waals surface area contributed by atoms with Crippen LogP contribution in [0.3, 0.4) is 0 Å². The van der Waals surface area contributed by atoms with Crippen molar-refractivity contribution in [1.82, 2.24) is 15.1 Å². The van der Waals surface area contributed by atoms with Crippen LogP contribution in [0.2, 0.25) is 0 Å². The molecule has 0 radical (unpaired) electrons. The summed E-state index contributed by atoms with van der Waals surface area (Å²) in [6.45, 7) is 1.15. The summed E-state index contributed by atoms with van der Waals surface area (Å²) in [5.41, 5.74) is 5.47. The van der Waals surface area contributed by atoms with Crippen molar-refractivity contribution in [3.05, 3.63) is 114 Å². The van der Waals surface area contributed by atoms with E-state index < -0.39 is 0 Å². The first-order chi connectivity index (χ1) is 14.7. The van der Waals surface area contributed by atoms with E-state index in [-0.39, 0.29) is 5.91 Å². The number of nitrogens with zero attached hydrogens (tertiary/aromatic N) is 2. The summed E-state index contributed by atoms with van der Waals surface area (Å²) in [6, 6.07) is 24.9. The number of carbonyl (C=O) groups is 2. The molecule has 4 aromatic rings. The quantitative estimate of drug-likeness (QED) is 0.474. The van der Waals surface area contributed by atoms with E-state index in [1.54, 1.807) is 30.5 Å². The molecular weight excluding hydrogens is 374 g/mol. The van der Waals surface area contributed by atoms with Gasteiger partial charge < -0.3 is 5.32 Å². The Morgan fingerprint density at radius 2 is 1.70 bits per heavy atom. The van der Waals surface area contributed by atoms with Gasteiger partial charge in [0.25, 0.3) is 5.91 Å². The van der Waals surface area contributed by atoms with Crippen molar-refractivity contribution in [3.63, 3.8) is 0 Å². The molecule has 0 aliphatic rings. The van der Waals surface area contributed by atoms with Gasteiger partial charge in [-0.25, -0.2) is 0 Å². The van der Waals surface area contributed by atoms with Gasteiger partial charge in [0.05, 0.1) is 6.54 Å². The summed E-state index contributed by atoms with van der Waals surface area (Å²) in [6.07, 6.45) is 4.48. The molecule has 0 bridgehead atoms. The summed E-state index contributed by atoms with van der Waals surface area (Å²) in [7, 11) is 0. The number of rotatable bonds is 7. The first kappa shape index (κ1) is 19.3. The Labute approximate surface area is 175 Å². The van der Waals surface area contributed by atoms with Crippen LogP contribution in [0.4, 0.5) is 0 Å². The lowest BCUT2D eigenvalue weighted by Crippen LogP contribution is -2.23. The van der Waals surface area contributed by atoms with Crippen molar-refractivity contribution in [2.75, 3.05) is 0 Å². The van der Waals surface area contributed by atoms with Gasteiger partial charge in [-0.15, -0.1) is 0 Å². The highest BCUT2D eigenvalue weighted by atomic mass is 16.1. The van der Waals surface area contributed by atoms with E-state index in [2.05, 4.69) is 40.7 Å². The Morgan fingerprint density at radius 3 is 2.40 bits per heavy atom. The summed E-state index contributed by atoms with van der Waals surface area (Å²) >= 11 is 0. The molecule has 5 heteroatoms. The van der Waals surface area contributed by atoms with Gasteiger partial charge in [-0.05, 0) is 40.5 Å². The number of aromatic nitrogens is 2. The molecular formula is C25H21N3O2. The van der Waals surface area contributed by atoms with Crippen LogP contribution in [-0.2, 0) is 13.1 Å². The van der Waals surface area contributed by atoms with Gasteiger partial charge in [0.15, 0.2) is 0 Å². The van der Waals surface area contributed by atoms with E-state index in [1.165, 1.54) is 5.56 Å². The molecule has 0 aliphatic carbocycles. The molecule has 4 rings (SSSR count). The summed E-state index contributed by atoms with van der Waals surface area (Å²) in [4.78, 5) is 23.2. The molecule has 0 aliphatic heterocycles. The molecule has 0 saturated carbocycles. The predicted molar refractivity (Wildman–Crippen MR) is 116 cm³/mol. The summed E-state index contributed by atoms with van der Waals surface area (Å²) < 4.78 is 1.89. The number of carbonyl (C=O) groups excluding carboxylic acids is 2. The van der Waals surface area contributed by atoms with Gasteiger partial charge in [-0.2, -0.15) is 5.10 Å². The standard InChI is InChI=1S/C25H21N3O2/c29-18-20-8-12-22(13-9-20)25(30)26-16-23-4-1-2-5-24(23)21-10-6-19(7-11-21)17-28-15-3-14-27-28/h1-15,18H,16-17H2,(H,26,30). The third-order valence-corrected chi connectivity index (χ3v) is 4.93. The van der Waals surface area contributed by atoms with Gasteiger partial charge >= 0.3 is 0 Å². The third-order valence-electron chi connectivity index (χ3n) is 4.93. The highest BCUT2D eigenvalue weighted by Crippen LogP contribution is 2.24. The van der Waals surface area contributed by atoms with Crippen molar-refractivity contribution in [2.24, 2.45) is 0 Å². The Bertz CT molecular complexity index is 1130. The van der Waals surface area contributed by atoms with E-state index in [4.69, 9.17) is 0 Å². The van der Waals surface area contributed by atoms with Crippen molar-refractivity contribution in [1.29, 1.82) is 0 Å². The van der Waals surface area contributed by atoms with Crippen LogP contribution >= 0.6 is 0 Å². The van der Waals surface area contributed by atoms with E-state index in [0.29, 0.717) is 17.7 Å². The SMILES string of the molecule is O=Cc1ccc(C(=O)NCc2ccccc2-c2ccc(Cn3cccn3)cc2)cc1. The zero-order valence-corrected chi connectivity index (χ0v) is 16.4. The molecule has 1 amide bonds. The number of nitrogens with one attached hydrogen (secondary N) is 1. The average Bonchev–Trinajstić information content (AvgIpc) is 3.31. The van der Waals surface area contributed by atoms with Crippen LogP contribution in [0.25, 0.3) is 11.1 Å². The second kappa shape index (κ2) is 9.01. The van der Waals surface area contributed by atoms with Crippen LogP contribution in [0, 0.1) is 0 Å². The number of amides is 1. The van der Waals surface area contributed by atoms with Gasteiger partial charge in [-0.3, -0.25) is 14.3 Å². The molecule has 0 unspecified atom stereocenters. The topological polar surface area (TPSA) is 64.0 Å². The molecule has 148 valence electrons. The number of benzene rings is 3. The molecule has 0 spiro atoms. The van der Waals surface area contributed by atoms with Gasteiger partial charge in [0.2, 0.25) is 0 Å². The Balaban J connectivity index is 1.46. The smallest absolute Gasteiger partial charge is 0.251 e. The van der Waals surface area contributed by atoms with E-state index >= 15 is 0 Å². The lowest BCUT2D eigenvalue weighted by atomic mass is 9.98. The highest BCUT2D eigenvalue weighted by molar-refractivity contribution is 5.94. The second-order valence-electron chi connectivity index (χ2n) is 6.98. The highest BCUT2D eigenvalue weighted by Gasteiger charge is 2.09. The minimum atomic E-state index is -0.170. The fourth-order valence-electron chi connectivity index (χ4n) is 3.32. The molecule has 3 aromatic carbocycles. The van der Waals surface area contributed by atoms with E-state index in [0.717, 1.165) is 29.5 Å². The summed E-state index contributed by atoms with van der Waals surface area (Å²) in [5.74, 6) is -0.170. The monoisotopic (exact) mass is 395 g/mol. The van der Waals surface area contributed by atoms with Gasteiger partial charge in [0, 0.05) is 30.1 Å². The molecule has 30 heavy (non-hydrogen) atoms. The molecule has 5 nitrogen and oxygen atoms in total. The first-order valence-corrected chi connectivity index (χ1v) is 9.71. The molecule has 1 N–H and O–H groups in total. The van der Waals surface area contributed by atoms with Crippen molar-refractivity contribution in [3.8, 4) is 11.1 Å². The average molecular weight is 395 g/mol. The van der Waals surface area contributed by atoms with Crippen LogP contribution < -0.4 is 5.32 Å². The maximum Gasteiger partial charge on any atom is 0.251 e. The van der Waals surface area contributed by atoms with Crippen molar-refractivity contribution in [2.45, 2.75) is 13.1 Å². The van der Waals surface area contributed by atoms with Crippen LogP contribution in [0.5, 0.6) is 0 Å². The maximum absolute atomic E-state index is 12.5. The van der Waals surface area contributed by atoms with E-state index in [1.807, 2.05) is 35.1 Å². The largest absolute Gasteiger partial charge is 0.348 e. The minimum Gasteiger partial charge on any atom is -0.348 e. The molecule has 0 fully saturated rings. The lowest BCUT2D eigenvalue weighted by Gasteiger charge is -2.12. The van der Waals surface area contributed by atoms with Crippen molar-refractivity contribution < 1.29 is 9.59 Å². The predicted octanol–water partition coefficient (Wildman–Crippen LogP) is 4.34. The van der Waals surface area contributed by atoms with Gasteiger partial charge in [0.1, 0.15) is 6.29 Å². The maximum atomic E-state index is 12.5. The van der Waals surface area contributed by atoms with Crippen LogP contribution in [0.15, 0.2) is 91.3 Å². The normalized spacial score (nSPS) is 10.5. The van der Waals surface area contributed by atoms with Gasteiger partial charge in [-0.1, -0.05) is 60.7 Å². The van der Waals surface area contributed by atoms with Crippen molar-refractivity contribution >= 4 is 12.2 Å². The minimum absolute atomic E-state index is 0.170. The zero-order chi connectivity index (χ0) is 20.8. The van der Waals surface area contributed by atoms with Crippen LogP contribution in [0.1, 0.15) is 31.8 Å². The molecule has 0 saturated heterocycles. The fraction of sp³-hybridized carbons (Fsp3) is 0.0800. The number of hydrogen-bond donors (Lipinski definition) is 1. The number of aldehydes is 1. The Hall–Kier alpha value is -3.99. The Kier molecular flexibility index (Phi) is 5.80. The first-order valence-electron chi connectivity index (χ1n) is 9.71. The summed E-state index contributed by atoms with van der Waals surface area (Å²) in [5, 5.41) is 7.21. The molecule has 1 aromatic heterocycles. The third kappa shape index (κ3) is 4.52. The Morgan fingerprint density at radius 1 is 0.933 bits per heavy atom. The van der Waals surface area contributed by atoms with Crippen LogP contribution in [-0.4, -0.2) is 22.0 Å².